The van der Waals surface area contributed by atoms with Crippen molar-refractivity contribution >= 4 is 11.9 Å². The standard InChI is InChI=1S/C23H24FN3O5/c1-4-32-21-12-19(26-27(21)20-8-6-5-7-17(20)24)23(30)25-18(13-22(28)29)16-10-9-15(31-3)11-14(16)2/h5-12,18H,4,13H2,1-3H3,(H,25,30)(H,28,29). The molecule has 0 aliphatic rings. The van der Waals surface area contributed by atoms with Crippen LogP contribution in [0.25, 0.3) is 5.69 Å². The number of aliphatic carboxylic acids is 1. The highest BCUT2D eigenvalue weighted by atomic mass is 19.1. The number of aryl methyl sites for hydroxylation is 1. The molecule has 3 aromatic rings. The normalized spacial score (nSPS) is 11.6. The Morgan fingerprint density at radius 3 is 2.59 bits per heavy atom. The molecule has 2 N–H and O–H groups in total. The van der Waals surface area contributed by atoms with Gasteiger partial charge >= 0.3 is 5.97 Å². The van der Waals surface area contributed by atoms with Gasteiger partial charge in [-0.2, -0.15) is 9.78 Å². The lowest BCUT2D eigenvalue weighted by Gasteiger charge is -2.19. The molecule has 8 nitrogen and oxygen atoms in total. The van der Waals surface area contributed by atoms with Crippen LogP contribution in [-0.2, 0) is 4.79 Å². The number of carbonyl (C=O) groups excluding carboxylic acids is 1. The van der Waals surface area contributed by atoms with Crippen molar-refractivity contribution in [2.45, 2.75) is 26.3 Å². The van der Waals surface area contributed by atoms with Crippen LogP contribution in [0.2, 0.25) is 0 Å². The Hall–Kier alpha value is -3.88. The van der Waals surface area contributed by atoms with Crippen LogP contribution in [0.1, 0.15) is 41.0 Å². The molecule has 3 rings (SSSR count). The van der Waals surface area contributed by atoms with E-state index in [0.717, 1.165) is 5.56 Å². The van der Waals surface area contributed by atoms with Gasteiger partial charge in [0.15, 0.2) is 5.69 Å². The molecule has 0 fully saturated rings. The summed E-state index contributed by atoms with van der Waals surface area (Å²) in [6, 6.07) is 11.7. The molecule has 9 heteroatoms. The quantitative estimate of drug-likeness (QED) is 0.525. The van der Waals surface area contributed by atoms with Gasteiger partial charge in [-0.05, 0) is 49.2 Å². The predicted octanol–water partition coefficient (Wildman–Crippen LogP) is 3.67. The van der Waals surface area contributed by atoms with Gasteiger partial charge in [0.2, 0.25) is 5.88 Å². The zero-order valence-electron chi connectivity index (χ0n) is 18.0. The highest BCUT2D eigenvalue weighted by Crippen LogP contribution is 2.26. The molecule has 0 spiro atoms. The minimum Gasteiger partial charge on any atom is -0.497 e. The molecule has 0 saturated carbocycles. The molecule has 1 heterocycles. The Labute approximate surface area is 184 Å². The fraction of sp³-hybridized carbons (Fsp3) is 0.261. The van der Waals surface area contributed by atoms with Crippen LogP contribution in [0.3, 0.4) is 0 Å². The first-order valence-electron chi connectivity index (χ1n) is 9.99. The Bertz CT molecular complexity index is 1130. The number of carbonyl (C=O) groups is 2. The summed E-state index contributed by atoms with van der Waals surface area (Å²) < 4.78 is 26.2. The van der Waals surface area contributed by atoms with E-state index in [1.165, 1.54) is 30.0 Å². The van der Waals surface area contributed by atoms with Crippen LogP contribution in [0, 0.1) is 12.7 Å². The largest absolute Gasteiger partial charge is 0.497 e. The molecule has 0 saturated heterocycles. The second kappa shape index (κ2) is 9.95. The van der Waals surface area contributed by atoms with E-state index in [9.17, 15) is 19.1 Å². The topological polar surface area (TPSA) is 103 Å². The van der Waals surface area contributed by atoms with Gasteiger partial charge in [-0.15, -0.1) is 0 Å². The summed E-state index contributed by atoms with van der Waals surface area (Å²) in [7, 11) is 1.53. The van der Waals surface area contributed by atoms with Gasteiger partial charge in [0.25, 0.3) is 5.91 Å². The van der Waals surface area contributed by atoms with Gasteiger partial charge in [0.05, 0.1) is 26.2 Å². The lowest BCUT2D eigenvalue weighted by molar-refractivity contribution is -0.137. The zero-order chi connectivity index (χ0) is 23.3. The van der Waals surface area contributed by atoms with Gasteiger partial charge < -0.3 is 19.9 Å². The van der Waals surface area contributed by atoms with Crippen LogP contribution < -0.4 is 14.8 Å². The zero-order valence-corrected chi connectivity index (χ0v) is 18.0. The van der Waals surface area contributed by atoms with E-state index in [-0.39, 0.29) is 30.3 Å². The van der Waals surface area contributed by atoms with Crippen molar-refractivity contribution in [3.8, 4) is 17.3 Å². The van der Waals surface area contributed by atoms with Crippen LogP contribution in [0.15, 0.2) is 48.5 Å². The number of aromatic nitrogens is 2. The summed E-state index contributed by atoms with van der Waals surface area (Å²) in [5.41, 5.74) is 1.50. The molecule has 2 aromatic carbocycles. The van der Waals surface area contributed by atoms with Crippen LogP contribution >= 0.6 is 0 Å². The number of nitrogens with zero attached hydrogens (tertiary/aromatic N) is 2. The number of nitrogens with one attached hydrogen (secondary N) is 1. The molecular formula is C23H24FN3O5. The molecule has 1 aromatic heterocycles. The lowest BCUT2D eigenvalue weighted by atomic mass is 9.98. The second-order valence-corrected chi connectivity index (χ2v) is 7.01. The number of halogens is 1. The number of ether oxygens (including phenoxy) is 2. The van der Waals surface area contributed by atoms with Gasteiger partial charge in [0, 0.05) is 6.07 Å². The van der Waals surface area contributed by atoms with E-state index in [1.807, 2.05) is 0 Å². The summed E-state index contributed by atoms with van der Waals surface area (Å²) in [4.78, 5) is 24.4. The monoisotopic (exact) mass is 441 g/mol. The Kier molecular flexibility index (Phi) is 7.09. The number of carboxylic acid groups (broad SMARTS) is 1. The van der Waals surface area contributed by atoms with Crippen LogP contribution in [0.5, 0.6) is 11.6 Å². The van der Waals surface area contributed by atoms with Gasteiger partial charge in [-0.25, -0.2) is 4.39 Å². The third-order valence-corrected chi connectivity index (χ3v) is 4.82. The number of benzene rings is 2. The highest BCUT2D eigenvalue weighted by Gasteiger charge is 2.24. The first-order chi connectivity index (χ1) is 15.3. The SMILES string of the molecule is CCOc1cc(C(=O)NC(CC(=O)O)c2ccc(OC)cc2C)nn1-c1ccccc1F. The van der Waals surface area contributed by atoms with Gasteiger partial charge in [0.1, 0.15) is 17.3 Å². The molecule has 0 bridgehead atoms. The summed E-state index contributed by atoms with van der Waals surface area (Å²) >= 11 is 0. The molecular weight excluding hydrogens is 417 g/mol. The number of methoxy groups -OCH3 is 1. The number of rotatable bonds is 9. The van der Waals surface area contributed by atoms with Crippen molar-refractivity contribution in [3.63, 3.8) is 0 Å². The van der Waals surface area contributed by atoms with E-state index in [2.05, 4.69) is 10.4 Å². The first kappa shape index (κ1) is 22.8. The van der Waals surface area contributed by atoms with Crippen molar-refractivity contribution in [2.24, 2.45) is 0 Å². The molecule has 0 aliphatic carbocycles. The Morgan fingerprint density at radius 1 is 1.22 bits per heavy atom. The number of carboxylic acids is 1. The van der Waals surface area contributed by atoms with E-state index in [1.54, 1.807) is 44.2 Å². The van der Waals surface area contributed by atoms with Crippen molar-refractivity contribution in [2.75, 3.05) is 13.7 Å². The average molecular weight is 441 g/mol. The Balaban J connectivity index is 1.93. The molecule has 1 amide bonds. The summed E-state index contributed by atoms with van der Waals surface area (Å²) in [5.74, 6) is -1.39. The fourth-order valence-electron chi connectivity index (χ4n) is 3.33. The maximum atomic E-state index is 14.3. The smallest absolute Gasteiger partial charge is 0.305 e. The fourth-order valence-corrected chi connectivity index (χ4v) is 3.33. The van der Waals surface area contributed by atoms with Crippen LogP contribution in [-0.4, -0.2) is 40.5 Å². The van der Waals surface area contributed by atoms with Crippen molar-refractivity contribution in [1.29, 1.82) is 0 Å². The summed E-state index contributed by atoms with van der Waals surface area (Å²) in [5, 5.41) is 16.3. The minimum absolute atomic E-state index is 0.0294. The number of para-hydroxylation sites is 1. The molecule has 0 radical (unpaired) electrons. The van der Waals surface area contributed by atoms with Crippen molar-refractivity contribution < 1.29 is 28.6 Å². The first-order valence-corrected chi connectivity index (χ1v) is 9.99. The second-order valence-electron chi connectivity index (χ2n) is 7.01. The van der Waals surface area contributed by atoms with E-state index < -0.39 is 23.7 Å². The maximum Gasteiger partial charge on any atom is 0.305 e. The number of hydrogen-bond acceptors (Lipinski definition) is 5. The molecule has 0 aliphatic heterocycles. The summed E-state index contributed by atoms with van der Waals surface area (Å²) in [6.07, 6.45) is -0.328. The maximum absolute atomic E-state index is 14.3. The molecule has 168 valence electrons. The molecule has 1 atom stereocenters. The third-order valence-electron chi connectivity index (χ3n) is 4.82. The average Bonchev–Trinajstić information content (AvgIpc) is 3.17. The van der Waals surface area contributed by atoms with Crippen LogP contribution in [0.4, 0.5) is 4.39 Å². The Morgan fingerprint density at radius 2 is 1.97 bits per heavy atom. The minimum atomic E-state index is -1.07. The molecule has 32 heavy (non-hydrogen) atoms. The van der Waals surface area contributed by atoms with Crippen molar-refractivity contribution in [3.05, 3.63) is 71.2 Å². The third kappa shape index (κ3) is 5.05. The number of amides is 1. The van der Waals surface area contributed by atoms with Crippen molar-refractivity contribution in [1.82, 2.24) is 15.1 Å². The van der Waals surface area contributed by atoms with Gasteiger partial charge in [-0.1, -0.05) is 18.2 Å². The lowest BCUT2D eigenvalue weighted by Crippen LogP contribution is -2.31. The van der Waals surface area contributed by atoms with E-state index in [4.69, 9.17) is 9.47 Å². The number of hydrogen-bond donors (Lipinski definition) is 2. The predicted molar refractivity (Wildman–Crippen MR) is 115 cm³/mol. The van der Waals surface area contributed by atoms with E-state index in [0.29, 0.717) is 11.3 Å². The highest BCUT2D eigenvalue weighted by molar-refractivity contribution is 5.93. The molecule has 1 unspecified atom stereocenters. The van der Waals surface area contributed by atoms with Gasteiger partial charge in [-0.3, -0.25) is 9.59 Å². The summed E-state index contributed by atoms with van der Waals surface area (Å²) in [6.45, 7) is 3.85. The van der Waals surface area contributed by atoms with E-state index >= 15 is 0 Å².